The third-order valence-electron chi connectivity index (χ3n) is 4.57. The van der Waals surface area contributed by atoms with Gasteiger partial charge < -0.3 is 14.6 Å². The summed E-state index contributed by atoms with van der Waals surface area (Å²) in [6.07, 6.45) is 7.12. The number of piperidine rings is 1. The maximum atomic E-state index is 5.66. The minimum Gasteiger partial charge on any atom is -0.468 e. The number of hydrogen-bond donors (Lipinski definition) is 1. The first-order valence-electron chi connectivity index (χ1n) is 7.90. The molecule has 0 spiro atoms. The Balaban J connectivity index is 1.55. The van der Waals surface area contributed by atoms with Crippen molar-refractivity contribution in [3.05, 3.63) is 23.7 Å². The molecule has 112 valence electrons. The van der Waals surface area contributed by atoms with Crippen molar-refractivity contribution in [1.82, 2.24) is 15.1 Å². The molecule has 1 unspecified atom stereocenters. The van der Waals surface area contributed by atoms with E-state index in [4.69, 9.17) is 4.42 Å². The third-order valence-corrected chi connectivity index (χ3v) is 4.57. The summed E-state index contributed by atoms with van der Waals surface area (Å²) in [6, 6.07) is 3.58. The van der Waals surface area contributed by atoms with E-state index in [0.717, 1.165) is 24.9 Å². The molecule has 1 aliphatic heterocycles. The number of hydrogen-bond acceptors (Lipinski definition) is 4. The number of nitrogens with one attached hydrogen (secondary N) is 1. The van der Waals surface area contributed by atoms with E-state index in [0.29, 0.717) is 6.04 Å². The van der Waals surface area contributed by atoms with Gasteiger partial charge in [0, 0.05) is 30.7 Å². The molecule has 1 atom stereocenters. The normalized spacial score (nSPS) is 24.4. The number of rotatable bonds is 6. The van der Waals surface area contributed by atoms with Crippen LogP contribution in [0, 0.1) is 0 Å². The Hall–Kier alpha value is -0.840. The Morgan fingerprint density at radius 3 is 2.95 bits per heavy atom. The molecule has 2 aliphatic rings. The van der Waals surface area contributed by atoms with Crippen LogP contribution < -0.4 is 5.32 Å². The Labute approximate surface area is 122 Å². The zero-order valence-electron chi connectivity index (χ0n) is 12.8. The zero-order valence-corrected chi connectivity index (χ0v) is 12.8. The van der Waals surface area contributed by atoms with Gasteiger partial charge >= 0.3 is 0 Å². The maximum absolute atomic E-state index is 5.66. The summed E-state index contributed by atoms with van der Waals surface area (Å²) in [4.78, 5) is 4.93. The summed E-state index contributed by atoms with van der Waals surface area (Å²) in [6.45, 7) is 4.30. The average molecular weight is 277 g/mol. The molecule has 1 aromatic rings. The van der Waals surface area contributed by atoms with Crippen LogP contribution in [-0.4, -0.2) is 49.1 Å². The lowest BCUT2D eigenvalue weighted by Crippen LogP contribution is -2.44. The molecule has 0 amide bonds. The van der Waals surface area contributed by atoms with Crippen molar-refractivity contribution in [3.63, 3.8) is 0 Å². The van der Waals surface area contributed by atoms with Crippen LogP contribution in [0.5, 0.6) is 0 Å². The van der Waals surface area contributed by atoms with E-state index in [9.17, 15) is 0 Å². The van der Waals surface area contributed by atoms with E-state index in [2.05, 4.69) is 35.3 Å². The van der Waals surface area contributed by atoms with Crippen LogP contribution in [0.1, 0.15) is 37.0 Å². The summed E-state index contributed by atoms with van der Waals surface area (Å²) in [5, 5.41) is 3.54. The first-order valence-corrected chi connectivity index (χ1v) is 7.90. The quantitative estimate of drug-likeness (QED) is 0.862. The first kappa shape index (κ1) is 14.1. The monoisotopic (exact) mass is 277 g/mol. The van der Waals surface area contributed by atoms with Gasteiger partial charge in [0.05, 0.1) is 12.8 Å². The predicted molar refractivity (Wildman–Crippen MR) is 80.6 cm³/mol. The number of nitrogens with zero attached hydrogens (tertiary/aromatic N) is 2. The smallest absolute Gasteiger partial charge is 0.122 e. The van der Waals surface area contributed by atoms with Crippen molar-refractivity contribution in [1.29, 1.82) is 0 Å². The summed E-state index contributed by atoms with van der Waals surface area (Å²) in [5.41, 5.74) is 1.36. The van der Waals surface area contributed by atoms with Crippen molar-refractivity contribution in [2.45, 2.75) is 50.9 Å². The van der Waals surface area contributed by atoms with Crippen LogP contribution in [0.2, 0.25) is 0 Å². The van der Waals surface area contributed by atoms with E-state index in [1.54, 1.807) is 0 Å². The molecular formula is C16H27N3O. The molecule has 3 rings (SSSR count). The molecule has 1 aromatic heterocycles. The minimum atomic E-state index is 0.698. The highest BCUT2D eigenvalue weighted by Crippen LogP contribution is 2.22. The molecule has 0 bridgehead atoms. The molecule has 2 fully saturated rings. The fraction of sp³-hybridized carbons (Fsp3) is 0.750. The van der Waals surface area contributed by atoms with Gasteiger partial charge in [-0.05, 0) is 52.4 Å². The van der Waals surface area contributed by atoms with Gasteiger partial charge in [0.1, 0.15) is 5.76 Å². The van der Waals surface area contributed by atoms with Gasteiger partial charge in [0.15, 0.2) is 0 Å². The molecule has 0 radical (unpaired) electrons. The molecule has 1 saturated carbocycles. The van der Waals surface area contributed by atoms with Crippen LogP contribution in [-0.2, 0) is 13.1 Å². The molecular weight excluding hydrogens is 250 g/mol. The molecule has 4 heteroatoms. The SMILES string of the molecule is CN(C)C1CCCN(Cc2ccoc2CNC2CC2)C1. The Kier molecular flexibility index (Phi) is 4.44. The summed E-state index contributed by atoms with van der Waals surface area (Å²) in [7, 11) is 4.38. The van der Waals surface area contributed by atoms with E-state index < -0.39 is 0 Å². The fourth-order valence-corrected chi connectivity index (χ4v) is 3.02. The van der Waals surface area contributed by atoms with Gasteiger partial charge in [-0.25, -0.2) is 0 Å². The Morgan fingerprint density at radius 2 is 2.20 bits per heavy atom. The molecule has 20 heavy (non-hydrogen) atoms. The van der Waals surface area contributed by atoms with E-state index in [-0.39, 0.29) is 0 Å². The highest BCUT2D eigenvalue weighted by molar-refractivity contribution is 5.17. The van der Waals surface area contributed by atoms with Gasteiger partial charge in [-0.2, -0.15) is 0 Å². The van der Waals surface area contributed by atoms with Crippen molar-refractivity contribution >= 4 is 0 Å². The molecule has 0 aromatic carbocycles. The van der Waals surface area contributed by atoms with Gasteiger partial charge in [0.2, 0.25) is 0 Å². The predicted octanol–water partition coefficient (Wildman–Crippen LogP) is 2.06. The molecule has 2 heterocycles. The number of likely N-dealkylation sites (N-methyl/N-ethyl adjacent to an activating group) is 1. The zero-order chi connectivity index (χ0) is 13.9. The Bertz CT molecular complexity index is 425. The standard InChI is InChI=1S/C16H27N3O/c1-18(2)15-4-3-8-19(12-15)11-13-7-9-20-16(13)10-17-14-5-6-14/h7,9,14-15,17H,3-6,8,10-12H2,1-2H3. The van der Waals surface area contributed by atoms with Crippen LogP contribution in [0.4, 0.5) is 0 Å². The van der Waals surface area contributed by atoms with Crippen LogP contribution in [0.15, 0.2) is 16.7 Å². The van der Waals surface area contributed by atoms with E-state index >= 15 is 0 Å². The second-order valence-electron chi connectivity index (χ2n) is 6.52. The lowest BCUT2D eigenvalue weighted by molar-refractivity contribution is 0.127. The summed E-state index contributed by atoms with van der Waals surface area (Å²) >= 11 is 0. The number of furan rings is 1. The molecule has 4 nitrogen and oxygen atoms in total. The first-order chi connectivity index (χ1) is 9.72. The summed E-state index contributed by atoms with van der Waals surface area (Å²) < 4.78 is 5.66. The third kappa shape index (κ3) is 3.62. The second kappa shape index (κ2) is 6.29. The summed E-state index contributed by atoms with van der Waals surface area (Å²) in [5.74, 6) is 1.13. The van der Waals surface area contributed by atoms with Gasteiger partial charge in [-0.1, -0.05) is 0 Å². The van der Waals surface area contributed by atoms with Crippen molar-refractivity contribution < 1.29 is 4.42 Å². The fourth-order valence-electron chi connectivity index (χ4n) is 3.02. The van der Waals surface area contributed by atoms with Crippen molar-refractivity contribution in [2.75, 3.05) is 27.2 Å². The molecule has 1 aliphatic carbocycles. The highest BCUT2D eigenvalue weighted by atomic mass is 16.3. The molecule has 1 saturated heterocycles. The minimum absolute atomic E-state index is 0.698. The largest absolute Gasteiger partial charge is 0.468 e. The van der Waals surface area contributed by atoms with Crippen LogP contribution in [0.3, 0.4) is 0 Å². The van der Waals surface area contributed by atoms with E-state index in [1.165, 1.54) is 44.3 Å². The lowest BCUT2D eigenvalue weighted by atomic mass is 10.0. The van der Waals surface area contributed by atoms with Crippen LogP contribution >= 0.6 is 0 Å². The van der Waals surface area contributed by atoms with Gasteiger partial charge in [-0.15, -0.1) is 0 Å². The Morgan fingerprint density at radius 1 is 1.35 bits per heavy atom. The lowest BCUT2D eigenvalue weighted by Gasteiger charge is -2.36. The van der Waals surface area contributed by atoms with Gasteiger partial charge in [-0.3, -0.25) is 4.90 Å². The molecule has 1 N–H and O–H groups in total. The van der Waals surface area contributed by atoms with E-state index in [1.807, 2.05) is 6.26 Å². The highest BCUT2D eigenvalue weighted by Gasteiger charge is 2.24. The van der Waals surface area contributed by atoms with Crippen molar-refractivity contribution in [3.8, 4) is 0 Å². The van der Waals surface area contributed by atoms with Gasteiger partial charge in [0.25, 0.3) is 0 Å². The maximum Gasteiger partial charge on any atom is 0.122 e. The van der Waals surface area contributed by atoms with Crippen LogP contribution in [0.25, 0.3) is 0 Å². The average Bonchev–Trinajstić information content (AvgIpc) is 3.17. The number of likely N-dealkylation sites (tertiary alicyclic amines) is 1. The topological polar surface area (TPSA) is 31.6 Å². The second-order valence-corrected chi connectivity index (χ2v) is 6.52. The van der Waals surface area contributed by atoms with Crippen molar-refractivity contribution in [2.24, 2.45) is 0 Å².